The van der Waals surface area contributed by atoms with Gasteiger partial charge in [0.15, 0.2) is 0 Å². The summed E-state index contributed by atoms with van der Waals surface area (Å²) in [7, 11) is 0. The van der Waals surface area contributed by atoms with E-state index in [1.54, 1.807) is 0 Å². The van der Waals surface area contributed by atoms with Gasteiger partial charge in [-0.05, 0) is 19.5 Å². The lowest BCUT2D eigenvalue weighted by molar-refractivity contribution is 0.936. The van der Waals surface area contributed by atoms with Crippen molar-refractivity contribution < 1.29 is 0 Å². The van der Waals surface area contributed by atoms with E-state index in [0.717, 1.165) is 23.6 Å². The van der Waals surface area contributed by atoms with Gasteiger partial charge in [-0.3, -0.25) is 4.40 Å². The molecule has 0 radical (unpaired) electrons. The molecule has 15 heavy (non-hydrogen) atoms. The molecule has 2 aromatic rings. The lowest BCUT2D eigenvalue weighted by Crippen LogP contribution is -2.02. The Bertz CT molecular complexity index is 427. The van der Waals surface area contributed by atoms with E-state index in [1.807, 2.05) is 29.8 Å². The van der Waals surface area contributed by atoms with Gasteiger partial charge >= 0.3 is 0 Å². The molecule has 0 aromatic carbocycles. The van der Waals surface area contributed by atoms with Crippen molar-refractivity contribution in [3.8, 4) is 0 Å². The van der Waals surface area contributed by atoms with E-state index in [1.165, 1.54) is 0 Å². The fourth-order valence-electron chi connectivity index (χ4n) is 1.28. The van der Waals surface area contributed by atoms with Gasteiger partial charge in [-0.2, -0.15) is 0 Å². The second-order valence-corrected chi connectivity index (χ2v) is 3.05. The van der Waals surface area contributed by atoms with Crippen molar-refractivity contribution in [1.29, 1.82) is 0 Å². The molecule has 2 rings (SSSR count). The summed E-state index contributed by atoms with van der Waals surface area (Å²) in [5.41, 5.74) is 7.43. The topological polar surface area (TPSA) is 56.2 Å². The number of aromatic nitrogens is 3. The van der Waals surface area contributed by atoms with E-state index >= 15 is 0 Å². The van der Waals surface area contributed by atoms with Crippen molar-refractivity contribution >= 4 is 30.6 Å². The first kappa shape index (κ1) is 14.2. The summed E-state index contributed by atoms with van der Waals surface area (Å²) in [6, 6.07) is 1.96. The first-order chi connectivity index (χ1) is 6.29. The fourth-order valence-corrected chi connectivity index (χ4v) is 1.28. The average molecular weight is 249 g/mol. The smallest absolute Gasteiger partial charge is 0.234 e. The molecule has 2 aromatic heterocycles. The molecule has 2 N–H and O–H groups in total. The Hall–Kier alpha value is -0.840. The summed E-state index contributed by atoms with van der Waals surface area (Å²) in [6.07, 6.45) is 4.74. The number of nitrogens with zero attached hydrogens (tertiary/aromatic N) is 3. The molecule has 0 aliphatic heterocycles. The Morgan fingerprint density at radius 2 is 2.07 bits per heavy atom. The maximum atomic E-state index is 5.44. The van der Waals surface area contributed by atoms with Crippen LogP contribution in [-0.4, -0.2) is 20.9 Å². The summed E-state index contributed by atoms with van der Waals surface area (Å²) in [4.78, 5) is 8.62. The quantitative estimate of drug-likeness (QED) is 0.874. The van der Waals surface area contributed by atoms with Crippen LogP contribution in [0.15, 0.2) is 18.5 Å². The number of aryl methyl sites for hydroxylation is 1. The third-order valence-electron chi connectivity index (χ3n) is 1.92. The molecular weight excluding hydrogens is 235 g/mol. The summed E-state index contributed by atoms with van der Waals surface area (Å²) in [6.45, 7) is 2.58. The predicted octanol–water partition coefficient (Wildman–Crippen LogP) is 1.38. The Balaban J connectivity index is 0.000000980. The first-order valence-corrected chi connectivity index (χ1v) is 4.31. The van der Waals surface area contributed by atoms with E-state index in [-0.39, 0.29) is 24.8 Å². The monoisotopic (exact) mass is 248 g/mol. The van der Waals surface area contributed by atoms with Gasteiger partial charge in [-0.25, -0.2) is 9.97 Å². The molecule has 0 fully saturated rings. The van der Waals surface area contributed by atoms with Crippen LogP contribution in [0.5, 0.6) is 0 Å². The second-order valence-electron chi connectivity index (χ2n) is 3.05. The van der Waals surface area contributed by atoms with Crippen LogP contribution in [0.4, 0.5) is 0 Å². The number of halogens is 2. The van der Waals surface area contributed by atoms with Gasteiger partial charge in [-0.15, -0.1) is 24.8 Å². The van der Waals surface area contributed by atoms with Gasteiger partial charge in [-0.1, -0.05) is 0 Å². The molecule has 0 aliphatic carbocycles. The minimum atomic E-state index is 0. The number of fused-ring (bicyclic) bond motifs is 1. The Morgan fingerprint density at radius 1 is 1.33 bits per heavy atom. The van der Waals surface area contributed by atoms with Gasteiger partial charge in [0, 0.05) is 24.5 Å². The molecule has 84 valence electrons. The van der Waals surface area contributed by atoms with E-state index in [9.17, 15) is 0 Å². The van der Waals surface area contributed by atoms with Crippen LogP contribution >= 0.6 is 24.8 Å². The van der Waals surface area contributed by atoms with Crippen molar-refractivity contribution in [3.05, 3.63) is 29.8 Å². The van der Waals surface area contributed by atoms with Gasteiger partial charge in [0.05, 0.1) is 5.69 Å². The van der Waals surface area contributed by atoms with Gasteiger partial charge in [0.25, 0.3) is 0 Å². The largest absolute Gasteiger partial charge is 0.330 e. The molecule has 0 saturated carbocycles. The highest BCUT2D eigenvalue weighted by Gasteiger charge is 2.00. The number of hydrogen-bond acceptors (Lipinski definition) is 3. The molecule has 0 atom stereocenters. The third kappa shape index (κ3) is 3.06. The summed E-state index contributed by atoms with van der Waals surface area (Å²) < 4.78 is 1.91. The Morgan fingerprint density at radius 3 is 2.73 bits per heavy atom. The first-order valence-electron chi connectivity index (χ1n) is 4.31. The van der Waals surface area contributed by atoms with Crippen molar-refractivity contribution in [2.45, 2.75) is 13.3 Å². The normalized spacial score (nSPS) is 9.47. The van der Waals surface area contributed by atoms with Crippen LogP contribution in [0.2, 0.25) is 0 Å². The molecule has 0 spiro atoms. The zero-order valence-electron chi connectivity index (χ0n) is 8.38. The van der Waals surface area contributed by atoms with E-state index in [2.05, 4.69) is 9.97 Å². The number of imidazole rings is 1. The van der Waals surface area contributed by atoms with Crippen LogP contribution in [0.25, 0.3) is 5.78 Å². The fraction of sp³-hybridized carbons (Fsp3) is 0.333. The Kier molecular flexibility index (Phi) is 5.57. The molecule has 0 bridgehead atoms. The highest BCUT2D eigenvalue weighted by atomic mass is 35.5. The summed E-state index contributed by atoms with van der Waals surface area (Å²) in [5, 5.41) is 0. The molecule has 0 aliphatic rings. The summed E-state index contributed by atoms with van der Waals surface area (Å²) in [5.74, 6) is 0.753. The minimum Gasteiger partial charge on any atom is -0.330 e. The zero-order chi connectivity index (χ0) is 9.26. The summed E-state index contributed by atoms with van der Waals surface area (Å²) >= 11 is 0. The molecule has 2 heterocycles. The lowest BCUT2D eigenvalue weighted by atomic mass is 10.3. The highest BCUT2D eigenvalue weighted by Crippen LogP contribution is 2.03. The van der Waals surface area contributed by atoms with E-state index < -0.39 is 0 Å². The lowest BCUT2D eigenvalue weighted by Gasteiger charge is -1.91. The predicted molar refractivity (Wildman–Crippen MR) is 65.0 cm³/mol. The maximum Gasteiger partial charge on any atom is 0.234 e. The molecule has 0 saturated heterocycles. The van der Waals surface area contributed by atoms with Crippen molar-refractivity contribution in [2.24, 2.45) is 5.73 Å². The van der Waals surface area contributed by atoms with Crippen LogP contribution in [0, 0.1) is 6.92 Å². The maximum absolute atomic E-state index is 5.44. The molecule has 4 nitrogen and oxygen atoms in total. The van der Waals surface area contributed by atoms with Crippen molar-refractivity contribution in [2.75, 3.05) is 6.54 Å². The average Bonchev–Trinajstić information content (AvgIpc) is 2.46. The van der Waals surface area contributed by atoms with E-state index in [0.29, 0.717) is 6.54 Å². The van der Waals surface area contributed by atoms with Gasteiger partial charge in [0.1, 0.15) is 0 Å². The molecular formula is C9H14Cl2N4. The van der Waals surface area contributed by atoms with Crippen LogP contribution in [0.1, 0.15) is 11.4 Å². The number of rotatable bonds is 2. The second kappa shape index (κ2) is 5.90. The Labute approximate surface area is 101 Å². The van der Waals surface area contributed by atoms with Crippen molar-refractivity contribution in [3.63, 3.8) is 0 Å². The SMILES string of the molecule is Cc1ccn2cc(CCN)nc2n1.Cl.Cl. The van der Waals surface area contributed by atoms with Crippen LogP contribution in [-0.2, 0) is 6.42 Å². The van der Waals surface area contributed by atoms with Crippen molar-refractivity contribution in [1.82, 2.24) is 14.4 Å². The highest BCUT2D eigenvalue weighted by molar-refractivity contribution is 5.85. The zero-order valence-corrected chi connectivity index (χ0v) is 10.0. The van der Waals surface area contributed by atoms with Crippen LogP contribution < -0.4 is 5.73 Å². The van der Waals surface area contributed by atoms with E-state index in [4.69, 9.17) is 5.73 Å². The number of nitrogens with two attached hydrogens (primary N) is 1. The van der Waals surface area contributed by atoms with Gasteiger partial charge in [0.2, 0.25) is 5.78 Å². The molecule has 6 heteroatoms. The van der Waals surface area contributed by atoms with Gasteiger partial charge < -0.3 is 5.73 Å². The third-order valence-corrected chi connectivity index (χ3v) is 1.92. The number of hydrogen-bond donors (Lipinski definition) is 1. The molecule has 0 amide bonds. The van der Waals surface area contributed by atoms with Crippen LogP contribution in [0.3, 0.4) is 0 Å². The molecule has 0 unspecified atom stereocenters. The standard InChI is InChI=1S/C9H12N4.2ClH/c1-7-3-5-13-6-8(2-4-10)12-9(13)11-7;;/h3,5-6H,2,4,10H2,1H3;2*1H. The minimum absolute atomic E-state index is 0.